The minimum Gasteiger partial charge on any atom is -0.497 e. The fourth-order valence-electron chi connectivity index (χ4n) is 3.31. The molecule has 0 aromatic heterocycles. The molecule has 162 valence electrons. The van der Waals surface area contributed by atoms with Crippen molar-refractivity contribution >= 4 is 33.6 Å². The van der Waals surface area contributed by atoms with Gasteiger partial charge in [0.1, 0.15) is 12.4 Å². The highest BCUT2D eigenvalue weighted by Gasteiger charge is 2.38. The Bertz CT molecular complexity index is 936. The summed E-state index contributed by atoms with van der Waals surface area (Å²) in [6.07, 6.45) is 1.23. The lowest BCUT2D eigenvalue weighted by Gasteiger charge is -2.21. The number of carbonyl (C=O) groups excluding carboxylic acids is 1. The fourth-order valence-corrected chi connectivity index (χ4v) is 5.79. The van der Waals surface area contributed by atoms with Crippen molar-refractivity contribution in [1.82, 2.24) is 4.31 Å². The second-order valence-corrected chi connectivity index (χ2v) is 10.3. The number of hydrogen-bond acceptors (Lipinski definition) is 6. The van der Waals surface area contributed by atoms with Crippen LogP contribution < -0.4 is 10.1 Å². The van der Waals surface area contributed by atoms with Gasteiger partial charge >= 0.3 is 6.09 Å². The van der Waals surface area contributed by atoms with Crippen LogP contribution in [0.4, 0.5) is 10.5 Å². The maximum atomic E-state index is 12.2. The Balaban J connectivity index is 1.54. The molecule has 0 radical (unpaired) electrons. The zero-order chi connectivity index (χ0) is 21.6. The van der Waals surface area contributed by atoms with Gasteiger partial charge in [0.25, 0.3) is 0 Å². The van der Waals surface area contributed by atoms with Crippen LogP contribution in [0.15, 0.2) is 54.6 Å². The van der Waals surface area contributed by atoms with E-state index >= 15 is 0 Å². The first-order valence-electron chi connectivity index (χ1n) is 9.55. The Kier molecular flexibility index (Phi) is 7.63. The Labute approximate surface area is 181 Å². The van der Waals surface area contributed by atoms with Gasteiger partial charge in [0.2, 0.25) is 10.0 Å². The van der Waals surface area contributed by atoms with Crippen molar-refractivity contribution in [2.24, 2.45) is 0 Å². The molecule has 0 saturated carbocycles. The molecule has 1 aliphatic heterocycles. The van der Waals surface area contributed by atoms with E-state index in [0.717, 1.165) is 17.1 Å². The first-order valence-corrected chi connectivity index (χ1v) is 12.4. The minimum absolute atomic E-state index is 0.0192. The summed E-state index contributed by atoms with van der Waals surface area (Å²) in [6.45, 7) is 0.430. The molecule has 1 fully saturated rings. The van der Waals surface area contributed by atoms with E-state index in [0.29, 0.717) is 18.7 Å². The van der Waals surface area contributed by atoms with Crippen molar-refractivity contribution in [3.63, 3.8) is 0 Å². The average Bonchev–Trinajstić information content (AvgIpc) is 3.16. The van der Waals surface area contributed by atoms with Crippen molar-refractivity contribution in [1.29, 1.82) is 0 Å². The molecule has 1 N–H and O–H groups in total. The van der Waals surface area contributed by atoms with Crippen LogP contribution in [0.25, 0.3) is 0 Å². The zero-order valence-electron chi connectivity index (χ0n) is 17.0. The molecule has 30 heavy (non-hydrogen) atoms. The number of ether oxygens (including phenoxy) is 2. The van der Waals surface area contributed by atoms with Crippen LogP contribution in [0.2, 0.25) is 0 Å². The van der Waals surface area contributed by atoms with Crippen LogP contribution in [0.5, 0.6) is 5.75 Å². The molecule has 0 unspecified atom stereocenters. The van der Waals surface area contributed by atoms with E-state index in [1.807, 2.05) is 42.5 Å². The number of sulfonamides is 1. The summed E-state index contributed by atoms with van der Waals surface area (Å²) in [5, 5.41) is 2.77. The lowest BCUT2D eigenvalue weighted by molar-refractivity contribution is 0.139. The van der Waals surface area contributed by atoms with Gasteiger partial charge in [-0.05, 0) is 36.2 Å². The molecule has 1 aliphatic rings. The van der Waals surface area contributed by atoms with Crippen LogP contribution in [0, 0.1) is 0 Å². The summed E-state index contributed by atoms with van der Waals surface area (Å²) in [5.74, 6) is 1.58. The molecule has 2 aromatic rings. The van der Waals surface area contributed by atoms with Gasteiger partial charge in [0.05, 0.1) is 19.4 Å². The van der Waals surface area contributed by atoms with Crippen LogP contribution in [-0.4, -0.2) is 56.6 Å². The van der Waals surface area contributed by atoms with Crippen molar-refractivity contribution in [2.45, 2.75) is 23.5 Å². The number of rotatable bonds is 8. The van der Waals surface area contributed by atoms with Gasteiger partial charge in [-0.25, -0.2) is 13.2 Å². The van der Waals surface area contributed by atoms with E-state index < -0.39 is 16.1 Å². The Morgan fingerprint density at radius 1 is 1.17 bits per heavy atom. The lowest BCUT2D eigenvalue weighted by atomic mass is 10.2. The van der Waals surface area contributed by atoms with Crippen molar-refractivity contribution < 1.29 is 22.7 Å². The number of amides is 1. The van der Waals surface area contributed by atoms with E-state index in [1.165, 1.54) is 10.6 Å². The monoisotopic (exact) mass is 450 g/mol. The Hall–Kier alpha value is -2.23. The minimum atomic E-state index is -3.39. The molecule has 3 rings (SSSR count). The summed E-state index contributed by atoms with van der Waals surface area (Å²) < 4.78 is 36.4. The molecule has 1 saturated heterocycles. The molecule has 0 bridgehead atoms. The maximum Gasteiger partial charge on any atom is 0.411 e. The summed E-state index contributed by atoms with van der Waals surface area (Å²) in [6, 6.07) is 16.4. The molecule has 2 atom stereocenters. The maximum absolute atomic E-state index is 12.2. The molecule has 9 heteroatoms. The predicted octanol–water partition coefficient (Wildman–Crippen LogP) is 3.58. The smallest absolute Gasteiger partial charge is 0.411 e. The van der Waals surface area contributed by atoms with E-state index in [-0.39, 0.29) is 17.9 Å². The van der Waals surface area contributed by atoms with Gasteiger partial charge in [-0.1, -0.05) is 30.3 Å². The third-order valence-electron chi connectivity index (χ3n) is 4.82. The van der Waals surface area contributed by atoms with Crippen LogP contribution in [0.3, 0.4) is 0 Å². The number of methoxy groups -OCH3 is 1. The lowest BCUT2D eigenvalue weighted by Crippen LogP contribution is -2.38. The molecule has 7 nitrogen and oxygen atoms in total. The highest BCUT2D eigenvalue weighted by atomic mass is 32.2. The first kappa shape index (κ1) is 22.5. The van der Waals surface area contributed by atoms with Gasteiger partial charge in [0.15, 0.2) is 0 Å². The number of hydrogen-bond donors (Lipinski definition) is 1. The summed E-state index contributed by atoms with van der Waals surface area (Å²) in [5.41, 5.74) is 1.77. The number of benzene rings is 2. The summed E-state index contributed by atoms with van der Waals surface area (Å²) >= 11 is 1.71. The zero-order valence-corrected chi connectivity index (χ0v) is 18.6. The second-order valence-electron chi connectivity index (χ2n) is 7.09. The van der Waals surface area contributed by atoms with Gasteiger partial charge < -0.3 is 9.47 Å². The van der Waals surface area contributed by atoms with Crippen molar-refractivity contribution in [2.75, 3.05) is 31.8 Å². The second kappa shape index (κ2) is 10.2. The van der Waals surface area contributed by atoms with Gasteiger partial charge in [-0.15, -0.1) is 0 Å². The average molecular weight is 451 g/mol. The molecular weight excluding hydrogens is 424 g/mol. The van der Waals surface area contributed by atoms with Crippen LogP contribution in [0.1, 0.15) is 12.0 Å². The van der Waals surface area contributed by atoms with Crippen LogP contribution in [-0.2, 0) is 20.5 Å². The topological polar surface area (TPSA) is 84.9 Å². The number of carbonyl (C=O) groups is 1. The van der Waals surface area contributed by atoms with E-state index in [9.17, 15) is 13.2 Å². The fraction of sp³-hybridized carbons (Fsp3) is 0.381. The number of nitrogens with zero attached hydrogens (tertiary/aromatic N) is 1. The Morgan fingerprint density at radius 3 is 2.50 bits per heavy atom. The van der Waals surface area contributed by atoms with Crippen LogP contribution >= 0.6 is 11.8 Å². The van der Waals surface area contributed by atoms with Crippen molar-refractivity contribution in [3.05, 3.63) is 60.2 Å². The number of thioether (sulfide) groups is 1. The Morgan fingerprint density at radius 2 is 1.87 bits per heavy atom. The van der Waals surface area contributed by atoms with E-state index in [2.05, 4.69) is 5.32 Å². The molecule has 1 heterocycles. The number of para-hydroxylation sites is 1. The van der Waals surface area contributed by atoms with E-state index in [4.69, 9.17) is 9.47 Å². The third kappa shape index (κ3) is 6.38. The normalized spacial score (nSPS) is 19.4. The summed E-state index contributed by atoms with van der Waals surface area (Å²) in [4.78, 5) is 12.1. The van der Waals surface area contributed by atoms with Gasteiger partial charge in [0, 0.05) is 23.2 Å². The molecule has 1 amide bonds. The molecule has 0 spiro atoms. The van der Waals surface area contributed by atoms with Crippen molar-refractivity contribution in [3.8, 4) is 5.75 Å². The summed E-state index contributed by atoms with van der Waals surface area (Å²) in [7, 11) is -1.76. The number of anilines is 1. The largest absolute Gasteiger partial charge is 0.497 e. The molecular formula is C21H26N2O5S2. The first-order chi connectivity index (χ1) is 14.3. The van der Waals surface area contributed by atoms with Gasteiger partial charge in [-0.2, -0.15) is 16.1 Å². The highest BCUT2D eigenvalue weighted by Crippen LogP contribution is 2.32. The SMILES string of the molecule is COc1ccc(CS[C@@H]2C[C@@H](COC(=O)Nc3ccccc3)N(S(C)(=O)=O)C2)cc1. The molecule has 2 aromatic carbocycles. The molecule has 0 aliphatic carbocycles. The highest BCUT2D eigenvalue weighted by molar-refractivity contribution is 7.99. The third-order valence-corrected chi connectivity index (χ3v) is 7.44. The van der Waals surface area contributed by atoms with E-state index in [1.54, 1.807) is 31.0 Å². The number of nitrogens with one attached hydrogen (secondary N) is 1. The van der Waals surface area contributed by atoms with Gasteiger partial charge in [-0.3, -0.25) is 5.32 Å². The quantitative estimate of drug-likeness (QED) is 0.662. The predicted molar refractivity (Wildman–Crippen MR) is 119 cm³/mol. The standard InChI is InChI=1S/C21H26N2O5S2/c1-27-19-10-8-16(9-11-19)15-29-20-12-18(23(13-20)30(2,25)26)14-28-21(24)22-17-6-4-3-5-7-17/h3-11,18,20H,12-15H2,1-2H3,(H,22,24)/t18-,20+/m0/s1.